The van der Waals surface area contributed by atoms with E-state index < -0.39 is 17.2 Å². The van der Waals surface area contributed by atoms with Gasteiger partial charge in [0.1, 0.15) is 6.10 Å². The number of unbranched alkanes of at least 4 members (excludes halogenated alkanes) is 15. The van der Waals surface area contributed by atoms with Crippen molar-refractivity contribution in [1.82, 2.24) is 4.90 Å². The Morgan fingerprint density at radius 3 is 2.20 bits per heavy atom. The maximum atomic E-state index is 12.8. The minimum absolute atomic E-state index is 0.0935. The Morgan fingerprint density at radius 1 is 0.935 bits per heavy atom. The number of hydrogen-bond donors (Lipinski definition) is 1. The van der Waals surface area contributed by atoms with Crippen LogP contribution in [0.4, 0.5) is 4.79 Å². The first-order valence-electron chi connectivity index (χ1n) is 19.3. The van der Waals surface area contributed by atoms with E-state index in [4.69, 9.17) is 14.2 Å². The minimum atomic E-state index is -0.864. The Hall–Kier alpha value is -2.05. The van der Waals surface area contributed by atoms with E-state index in [0.29, 0.717) is 24.5 Å². The van der Waals surface area contributed by atoms with Crippen LogP contribution in [0.5, 0.6) is 11.5 Å². The average molecular weight is 636 g/mol. The molecule has 1 saturated heterocycles. The molecule has 2 bridgehead atoms. The van der Waals surface area contributed by atoms with Crippen LogP contribution in [0.15, 0.2) is 24.3 Å². The number of ether oxygens (including phenoxy) is 3. The van der Waals surface area contributed by atoms with E-state index in [0.717, 1.165) is 62.2 Å². The molecule has 0 radical (unpaired) electrons. The van der Waals surface area contributed by atoms with Gasteiger partial charge in [0.25, 0.3) is 0 Å². The fourth-order valence-electron chi connectivity index (χ4n) is 9.39. The first-order valence-corrected chi connectivity index (χ1v) is 19.3. The molecule has 46 heavy (non-hydrogen) atoms. The Bertz CT molecular complexity index is 1190. The summed E-state index contributed by atoms with van der Waals surface area (Å²) < 4.78 is 17.9. The van der Waals surface area contributed by atoms with Gasteiger partial charge < -0.3 is 19.3 Å². The summed E-state index contributed by atoms with van der Waals surface area (Å²) in [6.45, 7) is 9.10. The third kappa shape index (κ3) is 7.04. The van der Waals surface area contributed by atoms with E-state index in [9.17, 15) is 9.90 Å². The van der Waals surface area contributed by atoms with Crippen LogP contribution in [0, 0.1) is 5.92 Å². The first-order chi connectivity index (χ1) is 22.5. The second kappa shape index (κ2) is 15.4. The molecule has 3 fully saturated rings. The van der Waals surface area contributed by atoms with Gasteiger partial charge in [0.2, 0.25) is 0 Å². The lowest BCUT2D eigenvalue weighted by molar-refractivity contribution is -0.174. The highest BCUT2D eigenvalue weighted by molar-refractivity contribution is 5.70. The van der Waals surface area contributed by atoms with Gasteiger partial charge in [-0.1, -0.05) is 116 Å². The largest absolute Gasteiger partial charge is 0.513 e. The molecule has 2 heterocycles. The van der Waals surface area contributed by atoms with Crippen molar-refractivity contribution in [1.29, 1.82) is 0 Å². The van der Waals surface area contributed by atoms with Crippen molar-refractivity contribution in [2.75, 3.05) is 19.7 Å². The molecule has 1 aromatic rings. The minimum Gasteiger partial charge on any atom is -0.481 e. The van der Waals surface area contributed by atoms with Crippen LogP contribution >= 0.6 is 0 Å². The highest BCUT2D eigenvalue weighted by Gasteiger charge is 2.72. The van der Waals surface area contributed by atoms with Crippen molar-refractivity contribution in [3.63, 3.8) is 0 Å². The molecule has 1 unspecified atom stereocenters. The zero-order chi connectivity index (χ0) is 32.0. The predicted molar refractivity (Wildman–Crippen MR) is 184 cm³/mol. The lowest BCUT2D eigenvalue weighted by atomic mass is 9.48. The summed E-state index contributed by atoms with van der Waals surface area (Å²) in [6.07, 6.45) is 25.8. The van der Waals surface area contributed by atoms with Crippen molar-refractivity contribution in [2.45, 2.75) is 171 Å². The molecule has 6 heteroatoms. The molecule has 1 spiro atoms. The number of likely N-dealkylation sites (tertiary alicyclic amines) is 1. The molecule has 256 valence electrons. The number of hydrogen-bond acceptors (Lipinski definition) is 6. The van der Waals surface area contributed by atoms with Gasteiger partial charge in [-0.3, -0.25) is 4.90 Å². The summed E-state index contributed by atoms with van der Waals surface area (Å²) in [6, 6.07) is 4.05. The number of carbonyl (C=O) groups is 1. The number of piperidine rings is 1. The molecule has 4 atom stereocenters. The molecule has 5 aliphatic rings. The van der Waals surface area contributed by atoms with E-state index >= 15 is 0 Å². The number of carbonyl (C=O) groups excluding carboxylic acids is 1. The second-order valence-corrected chi connectivity index (χ2v) is 15.4. The van der Waals surface area contributed by atoms with E-state index in [1.165, 1.54) is 108 Å². The third-order valence-corrected chi connectivity index (χ3v) is 12.1. The van der Waals surface area contributed by atoms with Gasteiger partial charge in [-0.05, 0) is 74.6 Å². The topological polar surface area (TPSA) is 68.2 Å². The van der Waals surface area contributed by atoms with E-state index in [-0.39, 0.29) is 12.1 Å². The maximum Gasteiger partial charge on any atom is 0.513 e. The molecule has 6 nitrogen and oxygen atoms in total. The molecule has 6 rings (SSSR count). The summed E-state index contributed by atoms with van der Waals surface area (Å²) >= 11 is 0. The number of nitrogens with zero attached hydrogens (tertiary/aromatic N) is 1. The van der Waals surface area contributed by atoms with Gasteiger partial charge in [-0.25, -0.2) is 4.79 Å². The summed E-state index contributed by atoms with van der Waals surface area (Å²) in [4.78, 5) is 15.3. The van der Waals surface area contributed by atoms with Crippen LogP contribution in [0.1, 0.15) is 153 Å². The van der Waals surface area contributed by atoms with Crippen molar-refractivity contribution < 1.29 is 24.1 Å². The van der Waals surface area contributed by atoms with Crippen LogP contribution in [0.2, 0.25) is 0 Å². The second-order valence-electron chi connectivity index (χ2n) is 15.4. The lowest BCUT2D eigenvalue weighted by Gasteiger charge is -2.63. The molecular formula is C40H61NO5. The van der Waals surface area contributed by atoms with Crippen molar-refractivity contribution in [3.05, 3.63) is 35.4 Å². The maximum absolute atomic E-state index is 12.8. The Balaban J connectivity index is 0.912. The first kappa shape index (κ1) is 33.8. The number of rotatable bonds is 20. The van der Waals surface area contributed by atoms with E-state index in [2.05, 4.69) is 24.5 Å². The monoisotopic (exact) mass is 635 g/mol. The normalized spacial score (nSPS) is 27.7. The van der Waals surface area contributed by atoms with Gasteiger partial charge in [0, 0.05) is 18.2 Å². The summed E-state index contributed by atoms with van der Waals surface area (Å²) in [7, 11) is 0. The van der Waals surface area contributed by atoms with Crippen LogP contribution in [0.25, 0.3) is 0 Å². The predicted octanol–water partition coefficient (Wildman–Crippen LogP) is 9.58. The highest BCUT2D eigenvalue weighted by Crippen LogP contribution is 2.66. The van der Waals surface area contributed by atoms with Crippen molar-refractivity contribution in [2.24, 2.45) is 5.92 Å². The van der Waals surface area contributed by atoms with E-state index in [1.54, 1.807) is 0 Å². The SMILES string of the molecule is C=C1CC[C@@]2(O)C3Cc4ccc(OC(=O)OCCCCCCCCCCCCCCCCCC)c5c4[C@@]2(CCN3CC2CC2)[C@H]1O5. The Kier molecular flexibility index (Phi) is 11.4. The van der Waals surface area contributed by atoms with Gasteiger partial charge in [0.15, 0.2) is 11.5 Å². The van der Waals surface area contributed by atoms with Crippen molar-refractivity contribution in [3.8, 4) is 11.5 Å². The van der Waals surface area contributed by atoms with Crippen molar-refractivity contribution >= 4 is 6.16 Å². The van der Waals surface area contributed by atoms with Crippen LogP contribution < -0.4 is 9.47 Å². The van der Waals surface area contributed by atoms with Gasteiger partial charge in [0.05, 0.1) is 17.6 Å². The average Bonchev–Trinajstić information content (AvgIpc) is 3.79. The zero-order valence-electron chi connectivity index (χ0n) is 28.8. The van der Waals surface area contributed by atoms with Gasteiger partial charge in [-0.15, -0.1) is 0 Å². The standard InChI is InChI=1S/C40H61NO5/c1-3-4-5-6-7-8-9-10-11-12-13-14-15-16-17-18-27-44-38(42)45-33-22-21-32-28-34-40(43)24-23-30(2)37-39(40,35(32)36(33)46-37)25-26-41(34)29-31-19-20-31/h21-22,31,34,37,43H,2-20,23-29H2,1H3/t34?,37-,39-,40+/m0/s1. The molecule has 0 aromatic heterocycles. The molecule has 0 amide bonds. The molecule has 2 saturated carbocycles. The fourth-order valence-corrected chi connectivity index (χ4v) is 9.39. The summed E-state index contributed by atoms with van der Waals surface area (Å²) in [5.74, 6) is 1.82. The smallest absolute Gasteiger partial charge is 0.481 e. The lowest BCUT2D eigenvalue weighted by Crippen LogP contribution is -2.75. The summed E-state index contributed by atoms with van der Waals surface area (Å²) in [5, 5.41) is 12.5. The van der Waals surface area contributed by atoms with Gasteiger partial charge >= 0.3 is 6.16 Å². The fraction of sp³-hybridized carbons (Fsp3) is 0.775. The van der Waals surface area contributed by atoms with E-state index in [1.807, 2.05) is 6.07 Å². The van der Waals surface area contributed by atoms with Crippen LogP contribution in [-0.2, 0) is 16.6 Å². The highest BCUT2D eigenvalue weighted by atomic mass is 16.7. The molecule has 1 aromatic carbocycles. The molecule has 2 aliphatic heterocycles. The third-order valence-electron chi connectivity index (χ3n) is 12.1. The Labute approximate surface area is 278 Å². The molecule has 3 aliphatic carbocycles. The molecular weight excluding hydrogens is 574 g/mol. The number of benzene rings is 1. The van der Waals surface area contributed by atoms with Crippen LogP contribution in [-0.4, -0.2) is 53.6 Å². The Morgan fingerprint density at radius 2 is 1.57 bits per heavy atom. The van der Waals surface area contributed by atoms with Crippen LogP contribution in [0.3, 0.4) is 0 Å². The number of aliphatic hydroxyl groups is 1. The quantitative estimate of drug-likeness (QED) is 0.0666. The zero-order valence-corrected chi connectivity index (χ0v) is 28.8. The van der Waals surface area contributed by atoms with Gasteiger partial charge in [-0.2, -0.15) is 0 Å². The molecule has 1 N–H and O–H groups in total. The summed E-state index contributed by atoms with van der Waals surface area (Å²) in [5.41, 5.74) is 1.94.